The predicted molar refractivity (Wildman–Crippen MR) is 121 cm³/mol. The molecule has 0 spiro atoms. The minimum Gasteiger partial charge on any atom is -0.449 e. The van der Waals surface area contributed by atoms with Crippen LogP contribution in [-0.4, -0.2) is 6.21 Å². The molecule has 0 unspecified atom stereocenters. The fourth-order valence-electron chi connectivity index (χ4n) is 3.70. The van der Waals surface area contributed by atoms with Crippen molar-refractivity contribution >= 4 is 34.3 Å². The van der Waals surface area contributed by atoms with Gasteiger partial charge in [-0.25, -0.2) is 4.99 Å². The Morgan fingerprint density at radius 3 is 2.72 bits per heavy atom. The van der Waals surface area contributed by atoms with Crippen molar-refractivity contribution in [3.8, 4) is 6.07 Å². The number of nitrogens with zero attached hydrogens (tertiary/aromatic N) is 2. The van der Waals surface area contributed by atoms with Crippen molar-refractivity contribution in [3.05, 3.63) is 64.2 Å². The Hall–Kier alpha value is -2.29. The zero-order valence-corrected chi connectivity index (χ0v) is 18.6. The van der Waals surface area contributed by atoms with E-state index in [0.29, 0.717) is 17.1 Å². The first-order chi connectivity index (χ1) is 13.9. The van der Waals surface area contributed by atoms with E-state index in [1.807, 2.05) is 30.3 Å². The van der Waals surface area contributed by atoms with E-state index in [1.54, 1.807) is 29.3 Å². The number of furan rings is 1. The third-order valence-electron chi connectivity index (χ3n) is 5.46. The van der Waals surface area contributed by atoms with Crippen molar-refractivity contribution in [2.45, 2.75) is 50.0 Å². The Morgan fingerprint density at radius 1 is 1.21 bits per heavy atom. The molecule has 0 bridgehead atoms. The lowest BCUT2D eigenvalue weighted by atomic mass is 9.72. The number of hydrogen-bond acceptors (Lipinski definition) is 5. The molecule has 4 rings (SSSR count). The van der Waals surface area contributed by atoms with Crippen LogP contribution in [0.4, 0.5) is 5.00 Å². The molecule has 3 aromatic rings. The van der Waals surface area contributed by atoms with Gasteiger partial charge in [0.25, 0.3) is 0 Å². The Kier molecular flexibility index (Phi) is 5.67. The monoisotopic (exact) mass is 420 g/mol. The summed E-state index contributed by atoms with van der Waals surface area (Å²) >= 11 is 3.25. The topological polar surface area (TPSA) is 49.3 Å². The van der Waals surface area contributed by atoms with E-state index in [1.165, 1.54) is 10.4 Å². The third-order valence-corrected chi connectivity index (χ3v) is 7.55. The van der Waals surface area contributed by atoms with Crippen molar-refractivity contribution in [3.63, 3.8) is 0 Å². The van der Waals surface area contributed by atoms with E-state index in [0.717, 1.165) is 39.8 Å². The summed E-state index contributed by atoms with van der Waals surface area (Å²) in [6.07, 6.45) is 4.90. The molecule has 0 amide bonds. The number of benzene rings is 1. The smallest absolute Gasteiger partial charge is 0.165 e. The first-order valence-corrected chi connectivity index (χ1v) is 11.5. The number of rotatable bonds is 4. The Labute approximate surface area is 180 Å². The summed E-state index contributed by atoms with van der Waals surface area (Å²) in [6, 6.07) is 16.4. The lowest BCUT2D eigenvalue weighted by Gasteiger charge is -2.33. The van der Waals surface area contributed by atoms with Crippen LogP contribution in [-0.2, 0) is 12.8 Å². The number of aliphatic imine (C=N–C) groups is 1. The molecule has 1 aliphatic rings. The molecule has 0 aliphatic heterocycles. The minimum absolute atomic E-state index is 0.291. The molecule has 2 aromatic heterocycles. The summed E-state index contributed by atoms with van der Waals surface area (Å²) in [5.41, 5.74) is 2.25. The average Bonchev–Trinajstić information content (AvgIpc) is 3.29. The molecule has 0 fully saturated rings. The van der Waals surface area contributed by atoms with Gasteiger partial charge in [0.05, 0.1) is 11.8 Å². The molecule has 1 aromatic carbocycles. The predicted octanol–water partition coefficient (Wildman–Crippen LogP) is 7.27. The van der Waals surface area contributed by atoms with Crippen LogP contribution >= 0.6 is 23.1 Å². The fourth-order valence-corrected chi connectivity index (χ4v) is 5.72. The first kappa shape index (κ1) is 20.0. The second kappa shape index (κ2) is 8.22. The highest BCUT2D eigenvalue weighted by atomic mass is 32.2. The number of nitriles is 1. The van der Waals surface area contributed by atoms with Crippen LogP contribution in [0.1, 0.15) is 49.0 Å². The molecule has 0 saturated heterocycles. The standard InChI is InChI=1S/C24H24N2OS2/c1-24(2,3)16-9-11-19-20(14-25)23(29-21(19)13-16)26-15-17-10-12-22(27-17)28-18-7-5-4-6-8-18/h4-8,10,12,15-16H,9,11,13H2,1-3H3/t16-/m0/s1. The highest BCUT2D eigenvalue weighted by Gasteiger charge is 2.32. The normalized spacial score (nSPS) is 16.7. The van der Waals surface area contributed by atoms with Crippen molar-refractivity contribution < 1.29 is 4.42 Å². The molecule has 0 N–H and O–H groups in total. The van der Waals surface area contributed by atoms with Gasteiger partial charge in [0.2, 0.25) is 0 Å². The zero-order valence-electron chi connectivity index (χ0n) is 16.9. The van der Waals surface area contributed by atoms with Crippen LogP contribution in [0, 0.1) is 22.7 Å². The largest absolute Gasteiger partial charge is 0.449 e. The molecular weight excluding hydrogens is 396 g/mol. The number of hydrogen-bond donors (Lipinski definition) is 0. The van der Waals surface area contributed by atoms with E-state index >= 15 is 0 Å². The summed E-state index contributed by atoms with van der Waals surface area (Å²) < 4.78 is 5.88. The van der Waals surface area contributed by atoms with Gasteiger partial charge in [0.15, 0.2) is 5.09 Å². The molecule has 29 heavy (non-hydrogen) atoms. The average molecular weight is 421 g/mol. The molecule has 148 valence electrons. The van der Waals surface area contributed by atoms with Crippen LogP contribution in [0.2, 0.25) is 0 Å². The molecule has 5 heteroatoms. The molecule has 1 atom stereocenters. The Morgan fingerprint density at radius 2 is 2.00 bits per heavy atom. The van der Waals surface area contributed by atoms with Crippen molar-refractivity contribution in [1.82, 2.24) is 0 Å². The van der Waals surface area contributed by atoms with Crippen molar-refractivity contribution in [1.29, 1.82) is 5.26 Å². The van der Waals surface area contributed by atoms with Crippen LogP contribution in [0.3, 0.4) is 0 Å². The van der Waals surface area contributed by atoms with E-state index < -0.39 is 0 Å². The molecular formula is C24H24N2OS2. The zero-order chi connectivity index (χ0) is 20.4. The summed E-state index contributed by atoms with van der Waals surface area (Å²) in [7, 11) is 0. The Bertz CT molecular complexity index is 1060. The highest BCUT2D eigenvalue weighted by Crippen LogP contribution is 2.44. The molecule has 3 nitrogen and oxygen atoms in total. The van der Waals surface area contributed by atoms with Gasteiger partial charge >= 0.3 is 0 Å². The fraction of sp³-hybridized carbons (Fsp3) is 0.333. The summed E-state index contributed by atoms with van der Waals surface area (Å²) in [5, 5.41) is 11.3. The van der Waals surface area contributed by atoms with Gasteiger partial charge in [-0.3, -0.25) is 0 Å². The minimum atomic E-state index is 0.291. The molecule has 0 saturated carbocycles. The van der Waals surface area contributed by atoms with Gasteiger partial charge in [-0.1, -0.05) is 50.7 Å². The maximum atomic E-state index is 9.71. The molecule has 0 radical (unpaired) electrons. The van der Waals surface area contributed by atoms with Crippen molar-refractivity contribution in [2.75, 3.05) is 0 Å². The van der Waals surface area contributed by atoms with Gasteiger partial charge in [0, 0.05) is 9.77 Å². The highest BCUT2D eigenvalue weighted by molar-refractivity contribution is 7.99. The van der Waals surface area contributed by atoms with Gasteiger partial charge in [-0.15, -0.1) is 11.3 Å². The maximum Gasteiger partial charge on any atom is 0.165 e. The van der Waals surface area contributed by atoms with E-state index in [2.05, 4.69) is 44.0 Å². The second-order valence-corrected chi connectivity index (χ2v) is 10.6. The van der Waals surface area contributed by atoms with E-state index in [-0.39, 0.29) is 0 Å². The van der Waals surface area contributed by atoms with Crippen LogP contribution in [0.25, 0.3) is 0 Å². The summed E-state index contributed by atoms with van der Waals surface area (Å²) in [6.45, 7) is 6.92. The second-order valence-electron chi connectivity index (χ2n) is 8.43. The number of thiophene rings is 1. The molecule has 2 heterocycles. The van der Waals surface area contributed by atoms with Gasteiger partial charge in [-0.05, 0) is 60.4 Å². The maximum absolute atomic E-state index is 9.71. The van der Waals surface area contributed by atoms with Crippen LogP contribution in [0.5, 0.6) is 0 Å². The van der Waals surface area contributed by atoms with Crippen LogP contribution in [0.15, 0.2) is 61.9 Å². The lowest BCUT2D eigenvalue weighted by molar-refractivity contribution is 0.218. The summed E-state index contributed by atoms with van der Waals surface area (Å²) in [4.78, 5) is 7.10. The third kappa shape index (κ3) is 4.49. The van der Waals surface area contributed by atoms with Gasteiger partial charge in [-0.2, -0.15) is 5.26 Å². The Balaban J connectivity index is 1.52. The SMILES string of the molecule is CC(C)(C)[C@H]1CCc2c(sc(N=Cc3ccc(Sc4ccccc4)o3)c2C#N)C1. The van der Waals surface area contributed by atoms with Crippen molar-refractivity contribution in [2.24, 2.45) is 16.3 Å². The first-order valence-electron chi connectivity index (χ1n) is 9.85. The summed E-state index contributed by atoms with van der Waals surface area (Å²) in [5.74, 6) is 1.35. The van der Waals surface area contributed by atoms with E-state index in [4.69, 9.17) is 4.42 Å². The number of fused-ring (bicyclic) bond motifs is 1. The van der Waals surface area contributed by atoms with Gasteiger partial charge < -0.3 is 4.42 Å². The quantitative estimate of drug-likeness (QED) is 0.417. The van der Waals surface area contributed by atoms with E-state index in [9.17, 15) is 5.26 Å². The van der Waals surface area contributed by atoms with Gasteiger partial charge in [0.1, 0.15) is 16.8 Å². The molecule has 1 aliphatic carbocycles. The van der Waals surface area contributed by atoms with Crippen LogP contribution < -0.4 is 0 Å². The lowest BCUT2D eigenvalue weighted by Crippen LogP contribution is -2.26.